The van der Waals surface area contributed by atoms with Gasteiger partial charge in [0.1, 0.15) is 12.4 Å². The van der Waals surface area contributed by atoms with Crippen molar-refractivity contribution < 1.29 is 4.84 Å². The zero-order valence-corrected chi connectivity index (χ0v) is 16.0. The number of alkyl halides is 1. The standard InChI is InChI=1S/C19H31ClN4O/c1-3-4-5-16-10-17(11-18(20)23-16)21-12-14-6-8-15(9-7-14)19-22-13(2)25-24-19/h6-9,13,16-19,21-24H,3-5,10-12H2,1-2H3. The summed E-state index contributed by atoms with van der Waals surface area (Å²) in [5.74, 6) is 0. The second-order valence-corrected chi connectivity index (χ2v) is 7.77. The van der Waals surface area contributed by atoms with Crippen molar-refractivity contribution in [1.29, 1.82) is 0 Å². The van der Waals surface area contributed by atoms with E-state index in [0.29, 0.717) is 12.1 Å². The average Bonchev–Trinajstić information content (AvgIpc) is 3.05. The van der Waals surface area contributed by atoms with Crippen LogP contribution in [0.4, 0.5) is 0 Å². The summed E-state index contributed by atoms with van der Waals surface area (Å²) in [5, 5.41) is 10.5. The highest BCUT2D eigenvalue weighted by molar-refractivity contribution is 6.20. The maximum absolute atomic E-state index is 6.40. The van der Waals surface area contributed by atoms with Gasteiger partial charge in [-0.2, -0.15) is 5.48 Å². The summed E-state index contributed by atoms with van der Waals surface area (Å²) in [5.41, 5.74) is 5.57. The number of nitrogens with one attached hydrogen (secondary N) is 4. The fourth-order valence-corrected chi connectivity index (χ4v) is 4.02. The van der Waals surface area contributed by atoms with Gasteiger partial charge in [-0.15, -0.1) is 11.6 Å². The van der Waals surface area contributed by atoms with Gasteiger partial charge in [0.15, 0.2) is 0 Å². The third kappa shape index (κ3) is 5.64. The van der Waals surface area contributed by atoms with Crippen LogP contribution < -0.4 is 21.4 Å². The quantitative estimate of drug-likeness (QED) is 0.441. The van der Waals surface area contributed by atoms with Crippen LogP contribution in [0.15, 0.2) is 24.3 Å². The largest absolute Gasteiger partial charge is 0.310 e. The van der Waals surface area contributed by atoms with E-state index >= 15 is 0 Å². The molecule has 2 heterocycles. The number of hydrogen-bond donors (Lipinski definition) is 4. The van der Waals surface area contributed by atoms with Crippen molar-refractivity contribution in [3.63, 3.8) is 0 Å². The van der Waals surface area contributed by atoms with Crippen LogP contribution in [-0.2, 0) is 11.4 Å². The van der Waals surface area contributed by atoms with E-state index in [-0.39, 0.29) is 17.9 Å². The van der Waals surface area contributed by atoms with Gasteiger partial charge < -0.3 is 5.32 Å². The fraction of sp³-hybridized carbons (Fsp3) is 0.684. The summed E-state index contributed by atoms with van der Waals surface area (Å²) >= 11 is 6.40. The number of rotatable bonds is 7. The lowest BCUT2D eigenvalue weighted by atomic mass is 9.95. The predicted octanol–water partition coefficient (Wildman–Crippen LogP) is 3.12. The fourth-order valence-electron chi connectivity index (χ4n) is 3.63. The van der Waals surface area contributed by atoms with Crippen molar-refractivity contribution in [2.75, 3.05) is 0 Å². The van der Waals surface area contributed by atoms with E-state index in [1.807, 2.05) is 6.92 Å². The molecule has 5 atom stereocenters. The molecule has 5 unspecified atom stereocenters. The van der Waals surface area contributed by atoms with Crippen molar-refractivity contribution in [1.82, 2.24) is 21.4 Å². The summed E-state index contributed by atoms with van der Waals surface area (Å²) in [6, 6.07) is 9.69. The Morgan fingerprint density at radius 2 is 2.00 bits per heavy atom. The molecule has 2 fully saturated rings. The highest BCUT2D eigenvalue weighted by Gasteiger charge is 2.26. The number of hydroxylamine groups is 1. The summed E-state index contributed by atoms with van der Waals surface area (Å²) in [6.07, 6.45) is 5.97. The first-order valence-corrected chi connectivity index (χ1v) is 9.97. The zero-order chi connectivity index (χ0) is 17.6. The van der Waals surface area contributed by atoms with E-state index in [2.05, 4.69) is 52.6 Å². The Morgan fingerprint density at radius 3 is 2.68 bits per heavy atom. The topological polar surface area (TPSA) is 57.4 Å². The van der Waals surface area contributed by atoms with Gasteiger partial charge in [0, 0.05) is 18.6 Å². The minimum absolute atomic E-state index is 0.0374. The SMILES string of the molecule is CCCCC1CC(NCc2ccc(C3NOC(C)N3)cc2)CC(Cl)N1. The Balaban J connectivity index is 1.47. The molecule has 0 aromatic heterocycles. The van der Waals surface area contributed by atoms with Gasteiger partial charge in [0.2, 0.25) is 0 Å². The monoisotopic (exact) mass is 366 g/mol. The molecule has 0 aliphatic carbocycles. The summed E-state index contributed by atoms with van der Waals surface area (Å²) < 4.78 is 0. The average molecular weight is 367 g/mol. The molecule has 2 aliphatic rings. The number of benzene rings is 1. The van der Waals surface area contributed by atoms with Crippen LogP contribution in [0.25, 0.3) is 0 Å². The number of piperidine rings is 1. The Hall–Kier alpha value is -0.690. The highest BCUT2D eigenvalue weighted by Crippen LogP contribution is 2.21. The lowest BCUT2D eigenvalue weighted by Crippen LogP contribution is -2.49. The Labute approximate surface area is 156 Å². The third-order valence-electron chi connectivity index (χ3n) is 5.06. The first kappa shape index (κ1) is 19.1. The Kier molecular flexibility index (Phi) is 7.10. The van der Waals surface area contributed by atoms with Gasteiger partial charge >= 0.3 is 0 Å². The molecule has 0 amide bonds. The molecule has 0 saturated carbocycles. The van der Waals surface area contributed by atoms with Crippen LogP contribution in [0.2, 0.25) is 0 Å². The van der Waals surface area contributed by atoms with Crippen LogP contribution in [-0.4, -0.2) is 23.8 Å². The van der Waals surface area contributed by atoms with Crippen LogP contribution in [0.5, 0.6) is 0 Å². The summed E-state index contributed by atoms with van der Waals surface area (Å²) in [6.45, 7) is 5.11. The third-order valence-corrected chi connectivity index (χ3v) is 5.36. The normalized spacial score (nSPS) is 32.8. The van der Waals surface area contributed by atoms with Gasteiger partial charge in [-0.1, -0.05) is 44.0 Å². The molecule has 0 bridgehead atoms. The molecule has 1 aromatic carbocycles. The maximum atomic E-state index is 6.40. The first-order valence-electron chi connectivity index (χ1n) is 9.53. The predicted molar refractivity (Wildman–Crippen MR) is 102 cm³/mol. The molecular formula is C19H31ClN4O. The van der Waals surface area contributed by atoms with Crippen molar-refractivity contribution in [2.24, 2.45) is 0 Å². The summed E-state index contributed by atoms with van der Waals surface area (Å²) in [7, 11) is 0. The second kappa shape index (κ2) is 9.31. The van der Waals surface area contributed by atoms with E-state index in [1.165, 1.54) is 30.4 Å². The highest BCUT2D eigenvalue weighted by atomic mass is 35.5. The van der Waals surface area contributed by atoms with Crippen molar-refractivity contribution in [3.8, 4) is 0 Å². The molecule has 2 saturated heterocycles. The number of unbranched alkanes of at least 4 members (excludes halogenated alkanes) is 1. The van der Waals surface area contributed by atoms with E-state index < -0.39 is 0 Å². The van der Waals surface area contributed by atoms with E-state index in [1.54, 1.807) is 0 Å². The van der Waals surface area contributed by atoms with E-state index in [0.717, 1.165) is 19.4 Å². The van der Waals surface area contributed by atoms with E-state index in [9.17, 15) is 0 Å². The molecule has 5 nitrogen and oxygen atoms in total. The van der Waals surface area contributed by atoms with Gasteiger partial charge in [-0.3, -0.25) is 15.5 Å². The first-order chi connectivity index (χ1) is 12.1. The van der Waals surface area contributed by atoms with E-state index in [4.69, 9.17) is 16.4 Å². The van der Waals surface area contributed by atoms with Crippen LogP contribution in [0.3, 0.4) is 0 Å². The molecule has 1 aromatic rings. The van der Waals surface area contributed by atoms with Crippen LogP contribution in [0.1, 0.15) is 63.2 Å². The van der Waals surface area contributed by atoms with Gasteiger partial charge in [-0.25, -0.2) is 0 Å². The molecule has 2 aliphatic heterocycles. The van der Waals surface area contributed by atoms with Gasteiger partial charge in [0.05, 0.1) is 5.50 Å². The molecule has 6 heteroatoms. The minimum Gasteiger partial charge on any atom is -0.310 e. The molecule has 4 N–H and O–H groups in total. The zero-order valence-electron chi connectivity index (χ0n) is 15.2. The lowest BCUT2D eigenvalue weighted by Gasteiger charge is -2.34. The van der Waals surface area contributed by atoms with Gasteiger partial charge in [-0.05, 0) is 37.3 Å². The Bertz CT molecular complexity index is 527. The van der Waals surface area contributed by atoms with Crippen LogP contribution in [0, 0.1) is 0 Å². The molecular weight excluding hydrogens is 336 g/mol. The molecule has 140 valence electrons. The lowest BCUT2D eigenvalue weighted by molar-refractivity contribution is 0.0329. The van der Waals surface area contributed by atoms with Gasteiger partial charge in [0.25, 0.3) is 0 Å². The van der Waals surface area contributed by atoms with Crippen LogP contribution >= 0.6 is 11.6 Å². The van der Waals surface area contributed by atoms with Crippen molar-refractivity contribution >= 4 is 11.6 Å². The van der Waals surface area contributed by atoms with Crippen molar-refractivity contribution in [2.45, 2.75) is 82.5 Å². The second-order valence-electron chi connectivity index (χ2n) is 7.24. The molecule has 0 radical (unpaired) electrons. The van der Waals surface area contributed by atoms with Crippen molar-refractivity contribution in [3.05, 3.63) is 35.4 Å². The number of hydrogen-bond acceptors (Lipinski definition) is 5. The number of halogens is 1. The molecule has 3 rings (SSSR count). The molecule has 25 heavy (non-hydrogen) atoms. The minimum atomic E-state index is 0.0374. The smallest absolute Gasteiger partial charge is 0.128 e. The Morgan fingerprint density at radius 1 is 1.20 bits per heavy atom. The summed E-state index contributed by atoms with van der Waals surface area (Å²) in [4.78, 5) is 5.33. The maximum Gasteiger partial charge on any atom is 0.128 e. The molecule has 0 spiro atoms.